The molecule has 1 fully saturated rings. The largest absolute Gasteiger partial charge is 0.414 e. The molecule has 0 aromatic carbocycles. The van der Waals surface area contributed by atoms with E-state index in [1.54, 1.807) is 0 Å². The van der Waals surface area contributed by atoms with Gasteiger partial charge in [0.2, 0.25) is 0 Å². The van der Waals surface area contributed by atoms with Gasteiger partial charge in [-0.15, -0.1) is 0 Å². The van der Waals surface area contributed by atoms with Crippen molar-refractivity contribution in [2.75, 3.05) is 13.2 Å². The van der Waals surface area contributed by atoms with Crippen LogP contribution in [0.25, 0.3) is 0 Å². The molecule has 13 heavy (non-hydrogen) atoms. The maximum absolute atomic E-state index is 6.12. The molecule has 1 heterocycles. The van der Waals surface area contributed by atoms with Gasteiger partial charge in [0.15, 0.2) is 8.32 Å². The minimum atomic E-state index is -1.37. The van der Waals surface area contributed by atoms with Crippen LogP contribution in [-0.2, 0) is 9.16 Å². The van der Waals surface area contributed by atoms with Crippen molar-refractivity contribution in [1.82, 2.24) is 0 Å². The molecule has 1 aliphatic heterocycles. The molecule has 0 amide bonds. The summed E-state index contributed by atoms with van der Waals surface area (Å²) in [6.45, 7) is 10.6. The summed E-state index contributed by atoms with van der Waals surface area (Å²) in [7, 11) is -1.37. The molecule has 1 aliphatic rings. The third-order valence-electron chi connectivity index (χ3n) is 3.25. The molecule has 0 unspecified atom stereocenters. The zero-order chi connectivity index (χ0) is 9.95. The zero-order valence-corrected chi connectivity index (χ0v) is 10.4. The van der Waals surface area contributed by atoms with E-state index >= 15 is 0 Å². The van der Waals surface area contributed by atoms with Gasteiger partial charge in [-0.3, -0.25) is 0 Å². The van der Waals surface area contributed by atoms with Crippen LogP contribution < -0.4 is 0 Å². The first kappa shape index (κ1) is 11.2. The standard InChI is InChI=1S/C10H22O2Si/c1-5-13(6-2,7-3)12-9-10(4)8-11-10/h5-9H2,1-4H3/t10-/m1/s1. The number of epoxide rings is 1. The SMILES string of the molecule is CC[Si](CC)(CC)OC[C@@]1(C)CO1. The van der Waals surface area contributed by atoms with E-state index < -0.39 is 8.32 Å². The fourth-order valence-corrected chi connectivity index (χ4v) is 4.29. The molecule has 78 valence electrons. The Labute approximate surface area is 82.7 Å². The van der Waals surface area contributed by atoms with Crippen LogP contribution in [0.15, 0.2) is 0 Å². The summed E-state index contributed by atoms with van der Waals surface area (Å²) in [5, 5.41) is 0. The first-order valence-corrected chi connectivity index (χ1v) is 7.90. The first-order chi connectivity index (χ1) is 6.10. The molecule has 3 heteroatoms. The predicted molar refractivity (Wildman–Crippen MR) is 57.5 cm³/mol. The second-order valence-electron chi connectivity index (χ2n) is 4.27. The fraction of sp³-hybridized carbons (Fsp3) is 1.00. The van der Waals surface area contributed by atoms with Crippen LogP contribution in [0.2, 0.25) is 18.1 Å². The van der Waals surface area contributed by atoms with Crippen molar-refractivity contribution in [2.24, 2.45) is 0 Å². The lowest BCUT2D eigenvalue weighted by Gasteiger charge is -2.28. The summed E-state index contributed by atoms with van der Waals surface area (Å²) >= 11 is 0. The van der Waals surface area contributed by atoms with Gasteiger partial charge in [0, 0.05) is 0 Å². The van der Waals surface area contributed by atoms with Gasteiger partial charge < -0.3 is 9.16 Å². The van der Waals surface area contributed by atoms with Crippen molar-refractivity contribution < 1.29 is 9.16 Å². The van der Waals surface area contributed by atoms with Crippen LogP contribution in [0.5, 0.6) is 0 Å². The monoisotopic (exact) mass is 202 g/mol. The molecule has 1 saturated heterocycles. The number of hydrogen-bond acceptors (Lipinski definition) is 2. The van der Waals surface area contributed by atoms with Crippen LogP contribution in [0, 0.1) is 0 Å². The fourth-order valence-electron chi connectivity index (χ4n) is 1.57. The third-order valence-corrected chi connectivity index (χ3v) is 7.88. The van der Waals surface area contributed by atoms with Crippen LogP contribution in [0.3, 0.4) is 0 Å². The Morgan fingerprint density at radius 1 is 1.23 bits per heavy atom. The van der Waals surface area contributed by atoms with Gasteiger partial charge in [-0.25, -0.2) is 0 Å². The lowest BCUT2D eigenvalue weighted by atomic mass is 10.2. The van der Waals surface area contributed by atoms with Crippen molar-refractivity contribution in [3.63, 3.8) is 0 Å². The topological polar surface area (TPSA) is 21.8 Å². The van der Waals surface area contributed by atoms with Crippen molar-refractivity contribution >= 4 is 8.32 Å². The molecule has 0 radical (unpaired) electrons. The van der Waals surface area contributed by atoms with Crippen LogP contribution in [0.1, 0.15) is 27.7 Å². The van der Waals surface area contributed by atoms with Crippen LogP contribution in [0.4, 0.5) is 0 Å². The Morgan fingerprint density at radius 3 is 2.00 bits per heavy atom. The van der Waals surface area contributed by atoms with E-state index in [0.717, 1.165) is 13.2 Å². The van der Waals surface area contributed by atoms with E-state index in [-0.39, 0.29) is 5.60 Å². The molecule has 0 bridgehead atoms. The highest BCUT2D eigenvalue weighted by Gasteiger charge is 2.42. The maximum atomic E-state index is 6.12. The van der Waals surface area contributed by atoms with Crippen molar-refractivity contribution in [2.45, 2.75) is 51.4 Å². The number of hydrogen-bond donors (Lipinski definition) is 0. The van der Waals surface area contributed by atoms with E-state index in [1.807, 2.05) is 0 Å². The minimum absolute atomic E-state index is 0.0672. The van der Waals surface area contributed by atoms with E-state index in [1.165, 1.54) is 18.1 Å². The average Bonchev–Trinajstić information content (AvgIpc) is 2.88. The van der Waals surface area contributed by atoms with Gasteiger partial charge >= 0.3 is 0 Å². The first-order valence-electron chi connectivity index (χ1n) is 5.37. The normalized spacial score (nSPS) is 27.7. The quantitative estimate of drug-likeness (QED) is 0.488. The van der Waals surface area contributed by atoms with Gasteiger partial charge in [0.25, 0.3) is 0 Å². The van der Waals surface area contributed by atoms with Gasteiger partial charge in [-0.05, 0) is 25.1 Å². The maximum Gasteiger partial charge on any atom is 0.192 e. The molecular weight excluding hydrogens is 180 g/mol. The van der Waals surface area contributed by atoms with Gasteiger partial charge in [-0.2, -0.15) is 0 Å². The molecule has 2 nitrogen and oxygen atoms in total. The van der Waals surface area contributed by atoms with Gasteiger partial charge in [-0.1, -0.05) is 20.8 Å². The molecule has 0 N–H and O–H groups in total. The van der Waals surface area contributed by atoms with Gasteiger partial charge in [0.1, 0.15) is 5.60 Å². The summed E-state index contributed by atoms with van der Waals surface area (Å²) in [6, 6.07) is 3.70. The second kappa shape index (κ2) is 4.11. The van der Waals surface area contributed by atoms with Crippen molar-refractivity contribution in [1.29, 1.82) is 0 Å². The highest BCUT2D eigenvalue weighted by molar-refractivity contribution is 6.73. The molecule has 0 saturated carbocycles. The lowest BCUT2D eigenvalue weighted by molar-refractivity contribution is 0.192. The summed E-state index contributed by atoms with van der Waals surface area (Å²) in [5.41, 5.74) is 0.0672. The highest BCUT2D eigenvalue weighted by atomic mass is 28.4. The Hall–Kier alpha value is 0.137. The minimum Gasteiger partial charge on any atom is -0.414 e. The Balaban J connectivity index is 2.37. The third kappa shape index (κ3) is 2.79. The number of rotatable bonds is 6. The molecule has 0 aromatic heterocycles. The molecule has 1 atom stereocenters. The summed E-state index contributed by atoms with van der Waals surface area (Å²) < 4.78 is 11.4. The molecule has 1 rings (SSSR count). The molecule has 0 aromatic rings. The molecule has 0 aliphatic carbocycles. The summed E-state index contributed by atoms with van der Waals surface area (Å²) in [5.74, 6) is 0. The summed E-state index contributed by atoms with van der Waals surface area (Å²) in [4.78, 5) is 0. The zero-order valence-electron chi connectivity index (χ0n) is 9.35. The van der Waals surface area contributed by atoms with Crippen molar-refractivity contribution in [3.05, 3.63) is 0 Å². The average molecular weight is 202 g/mol. The Kier molecular flexibility index (Phi) is 3.55. The highest BCUT2D eigenvalue weighted by Crippen LogP contribution is 2.30. The second-order valence-corrected chi connectivity index (χ2v) is 9.05. The van der Waals surface area contributed by atoms with Crippen LogP contribution in [-0.4, -0.2) is 27.1 Å². The van der Waals surface area contributed by atoms with E-state index in [4.69, 9.17) is 9.16 Å². The van der Waals surface area contributed by atoms with Crippen LogP contribution >= 0.6 is 0 Å². The van der Waals surface area contributed by atoms with Crippen molar-refractivity contribution in [3.8, 4) is 0 Å². The Morgan fingerprint density at radius 2 is 1.69 bits per heavy atom. The lowest BCUT2D eigenvalue weighted by Crippen LogP contribution is -2.38. The van der Waals surface area contributed by atoms with E-state index in [9.17, 15) is 0 Å². The van der Waals surface area contributed by atoms with E-state index in [2.05, 4.69) is 27.7 Å². The number of ether oxygens (including phenoxy) is 1. The predicted octanol–water partition coefficient (Wildman–Crippen LogP) is 2.80. The van der Waals surface area contributed by atoms with E-state index in [0.29, 0.717) is 0 Å². The van der Waals surface area contributed by atoms with Gasteiger partial charge in [0.05, 0.1) is 13.2 Å². The summed E-state index contributed by atoms with van der Waals surface area (Å²) in [6.07, 6.45) is 0. The molecular formula is C10H22O2Si. The molecule has 0 spiro atoms. The smallest absolute Gasteiger partial charge is 0.192 e. The Bertz CT molecular complexity index is 154.